The van der Waals surface area contributed by atoms with E-state index in [4.69, 9.17) is 5.73 Å². The summed E-state index contributed by atoms with van der Waals surface area (Å²) < 4.78 is 1.05. The molecule has 0 saturated carbocycles. The molecule has 0 bridgehead atoms. The second-order valence-electron chi connectivity index (χ2n) is 2.41. The summed E-state index contributed by atoms with van der Waals surface area (Å²) in [5.74, 6) is 0.594. The first-order chi connectivity index (χ1) is 5.24. The quantitative estimate of drug-likeness (QED) is 0.822. The van der Waals surface area contributed by atoms with Gasteiger partial charge in [0.2, 0.25) is 0 Å². The molecule has 1 aromatic rings. The zero-order valence-corrected chi connectivity index (χ0v) is 8.06. The standard InChI is InChI=1S/C8H11BrN2/c1-2-3-7-6(9)4-5-8(10)11-7/h4-5H,2-3H2,1H3,(H2,10,11). The Morgan fingerprint density at radius 3 is 2.91 bits per heavy atom. The topological polar surface area (TPSA) is 38.9 Å². The maximum Gasteiger partial charge on any atom is 0.123 e. The summed E-state index contributed by atoms with van der Waals surface area (Å²) in [6.45, 7) is 2.12. The van der Waals surface area contributed by atoms with Gasteiger partial charge in [-0.3, -0.25) is 0 Å². The Balaban J connectivity index is 2.93. The van der Waals surface area contributed by atoms with Crippen LogP contribution >= 0.6 is 15.9 Å². The normalized spacial score (nSPS) is 10.0. The van der Waals surface area contributed by atoms with E-state index in [1.54, 1.807) is 6.07 Å². The molecule has 0 unspecified atom stereocenters. The van der Waals surface area contributed by atoms with Crippen molar-refractivity contribution in [1.29, 1.82) is 0 Å². The molecule has 0 atom stereocenters. The number of pyridine rings is 1. The first kappa shape index (κ1) is 8.53. The minimum Gasteiger partial charge on any atom is -0.384 e. The van der Waals surface area contributed by atoms with Gasteiger partial charge in [0.25, 0.3) is 0 Å². The molecule has 0 radical (unpaired) electrons. The van der Waals surface area contributed by atoms with Crippen LogP contribution in [0.1, 0.15) is 19.0 Å². The highest BCUT2D eigenvalue weighted by atomic mass is 79.9. The highest BCUT2D eigenvalue weighted by Gasteiger charge is 1.99. The van der Waals surface area contributed by atoms with Gasteiger partial charge in [-0.2, -0.15) is 0 Å². The van der Waals surface area contributed by atoms with Crippen LogP contribution in [0, 0.1) is 0 Å². The third kappa shape index (κ3) is 2.19. The van der Waals surface area contributed by atoms with Crippen LogP contribution in [-0.4, -0.2) is 4.98 Å². The molecular weight excluding hydrogens is 204 g/mol. The number of aryl methyl sites for hydroxylation is 1. The summed E-state index contributed by atoms with van der Waals surface area (Å²) >= 11 is 3.41. The Bertz CT molecular complexity index is 248. The van der Waals surface area contributed by atoms with Gasteiger partial charge >= 0.3 is 0 Å². The second-order valence-corrected chi connectivity index (χ2v) is 3.27. The number of nitrogen functional groups attached to an aromatic ring is 1. The van der Waals surface area contributed by atoms with Crippen molar-refractivity contribution in [1.82, 2.24) is 4.98 Å². The van der Waals surface area contributed by atoms with E-state index >= 15 is 0 Å². The molecule has 0 aliphatic carbocycles. The first-order valence-electron chi connectivity index (χ1n) is 3.65. The van der Waals surface area contributed by atoms with Crippen molar-refractivity contribution in [3.63, 3.8) is 0 Å². The maximum atomic E-state index is 5.53. The number of hydrogen-bond acceptors (Lipinski definition) is 2. The maximum absolute atomic E-state index is 5.53. The third-order valence-corrected chi connectivity index (χ3v) is 2.15. The number of nitrogens with two attached hydrogens (primary N) is 1. The molecule has 0 fully saturated rings. The van der Waals surface area contributed by atoms with E-state index in [0.29, 0.717) is 5.82 Å². The van der Waals surface area contributed by atoms with Crippen molar-refractivity contribution >= 4 is 21.7 Å². The summed E-state index contributed by atoms with van der Waals surface area (Å²) in [6.07, 6.45) is 2.07. The van der Waals surface area contributed by atoms with Gasteiger partial charge < -0.3 is 5.73 Å². The van der Waals surface area contributed by atoms with Crippen molar-refractivity contribution in [2.24, 2.45) is 0 Å². The third-order valence-electron chi connectivity index (χ3n) is 1.43. The fourth-order valence-electron chi connectivity index (χ4n) is 0.913. The van der Waals surface area contributed by atoms with E-state index in [9.17, 15) is 0 Å². The molecule has 1 heterocycles. The molecule has 0 spiro atoms. The SMILES string of the molecule is CCCc1nc(N)ccc1Br. The molecule has 11 heavy (non-hydrogen) atoms. The van der Waals surface area contributed by atoms with Gasteiger partial charge in [-0.1, -0.05) is 13.3 Å². The molecule has 0 aliphatic rings. The van der Waals surface area contributed by atoms with Crippen molar-refractivity contribution < 1.29 is 0 Å². The largest absolute Gasteiger partial charge is 0.384 e. The van der Waals surface area contributed by atoms with Crippen molar-refractivity contribution in [3.8, 4) is 0 Å². The molecule has 1 aromatic heterocycles. The number of hydrogen-bond donors (Lipinski definition) is 1. The lowest BCUT2D eigenvalue weighted by Crippen LogP contribution is -1.95. The van der Waals surface area contributed by atoms with E-state index in [1.165, 1.54) is 0 Å². The monoisotopic (exact) mass is 214 g/mol. The summed E-state index contributed by atoms with van der Waals surface area (Å²) in [4.78, 5) is 4.19. The lowest BCUT2D eigenvalue weighted by molar-refractivity contribution is 0.879. The minimum atomic E-state index is 0.594. The summed E-state index contributed by atoms with van der Waals surface area (Å²) in [7, 11) is 0. The number of rotatable bonds is 2. The smallest absolute Gasteiger partial charge is 0.123 e. The van der Waals surface area contributed by atoms with Crippen molar-refractivity contribution in [2.45, 2.75) is 19.8 Å². The fourth-order valence-corrected chi connectivity index (χ4v) is 1.33. The molecule has 60 valence electrons. The summed E-state index contributed by atoms with van der Waals surface area (Å²) in [5.41, 5.74) is 6.57. The molecule has 2 N–H and O–H groups in total. The molecule has 2 nitrogen and oxygen atoms in total. The molecule has 0 amide bonds. The van der Waals surface area contributed by atoms with Crippen LogP contribution in [0.5, 0.6) is 0 Å². The zero-order valence-electron chi connectivity index (χ0n) is 6.47. The van der Waals surface area contributed by atoms with Crippen LogP contribution in [0.2, 0.25) is 0 Å². The van der Waals surface area contributed by atoms with Crippen LogP contribution in [0.4, 0.5) is 5.82 Å². The lowest BCUT2D eigenvalue weighted by atomic mass is 10.2. The van der Waals surface area contributed by atoms with Gasteiger partial charge in [0.15, 0.2) is 0 Å². The predicted octanol–water partition coefficient (Wildman–Crippen LogP) is 2.38. The van der Waals surface area contributed by atoms with Crippen LogP contribution in [-0.2, 0) is 6.42 Å². The summed E-state index contributed by atoms with van der Waals surface area (Å²) in [5, 5.41) is 0. The van der Waals surface area contributed by atoms with Crippen LogP contribution in [0.15, 0.2) is 16.6 Å². The number of halogens is 1. The predicted molar refractivity (Wildman–Crippen MR) is 50.3 cm³/mol. The Morgan fingerprint density at radius 1 is 1.55 bits per heavy atom. The van der Waals surface area contributed by atoms with E-state index < -0.39 is 0 Å². The van der Waals surface area contributed by atoms with Gasteiger partial charge in [0.05, 0.1) is 5.69 Å². The van der Waals surface area contributed by atoms with Gasteiger partial charge in [-0.05, 0) is 34.5 Å². The Morgan fingerprint density at radius 2 is 2.27 bits per heavy atom. The molecule has 1 rings (SSSR count). The van der Waals surface area contributed by atoms with Crippen molar-refractivity contribution in [3.05, 3.63) is 22.3 Å². The molecule has 3 heteroatoms. The van der Waals surface area contributed by atoms with Crippen LogP contribution < -0.4 is 5.73 Å². The molecule has 0 aromatic carbocycles. The van der Waals surface area contributed by atoms with E-state index in [-0.39, 0.29) is 0 Å². The highest BCUT2D eigenvalue weighted by molar-refractivity contribution is 9.10. The highest BCUT2D eigenvalue weighted by Crippen LogP contribution is 2.17. The number of nitrogens with zero attached hydrogens (tertiary/aromatic N) is 1. The van der Waals surface area contributed by atoms with Crippen LogP contribution in [0.25, 0.3) is 0 Å². The molecule has 0 saturated heterocycles. The number of anilines is 1. The van der Waals surface area contributed by atoms with Gasteiger partial charge in [-0.25, -0.2) is 4.98 Å². The minimum absolute atomic E-state index is 0.594. The molecular formula is C8H11BrN2. The fraction of sp³-hybridized carbons (Fsp3) is 0.375. The average molecular weight is 215 g/mol. The van der Waals surface area contributed by atoms with Crippen LogP contribution in [0.3, 0.4) is 0 Å². The first-order valence-corrected chi connectivity index (χ1v) is 4.44. The zero-order chi connectivity index (χ0) is 8.27. The Hall–Kier alpha value is -0.570. The average Bonchev–Trinajstić information content (AvgIpc) is 1.98. The van der Waals surface area contributed by atoms with E-state index in [2.05, 4.69) is 27.8 Å². The van der Waals surface area contributed by atoms with E-state index in [0.717, 1.165) is 23.0 Å². The number of aromatic nitrogens is 1. The second kappa shape index (κ2) is 3.72. The molecule has 0 aliphatic heterocycles. The van der Waals surface area contributed by atoms with Crippen molar-refractivity contribution in [2.75, 3.05) is 5.73 Å². The Labute approximate surface area is 75.0 Å². The summed E-state index contributed by atoms with van der Waals surface area (Å²) in [6, 6.07) is 3.73. The lowest BCUT2D eigenvalue weighted by Gasteiger charge is -2.01. The van der Waals surface area contributed by atoms with Gasteiger partial charge in [0, 0.05) is 4.47 Å². The van der Waals surface area contributed by atoms with E-state index in [1.807, 2.05) is 6.07 Å². The van der Waals surface area contributed by atoms with Gasteiger partial charge in [0.1, 0.15) is 5.82 Å². The Kier molecular flexibility index (Phi) is 2.88. The van der Waals surface area contributed by atoms with Gasteiger partial charge in [-0.15, -0.1) is 0 Å².